The highest BCUT2D eigenvalue weighted by Crippen LogP contribution is 2.32. The second-order valence-electron chi connectivity index (χ2n) is 5.86. The molecule has 1 fully saturated rings. The van der Waals surface area contributed by atoms with Crippen LogP contribution in [0.1, 0.15) is 30.9 Å². The molecule has 7 heteroatoms. The van der Waals surface area contributed by atoms with Gasteiger partial charge in [0.05, 0.1) is 18.7 Å². The molecule has 1 aromatic carbocycles. The molecular formula is C16H22ClFN2O3. The van der Waals surface area contributed by atoms with Gasteiger partial charge in [-0.2, -0.15) is 0 Å². The number of carbonyl (C=O) groups excluding carboxylic acids is 1. The minimum absolute atomic E-state index is 0. The first-order chi connectivity index (χ1) is 10.6. The molecule has 0 saturated carbocycles. The van der Waals surface area contributed by atoms with Crippen molar-refractivity contribution < 1.29 is 18.7 Å². The van der Waals surface area contributed by atoms with E-state index < -0.39 is 6.04 Å². The minimum Gasteiger partial charge on any atom is -0.493 e. The van der Waals surface area contributed by atoms with Crippen molar-refractivity contribution in [1.29, 1.82) is 0 Å². The van der Waals surface area contributed by atoms with Crippen LogP contribution < -0.4 is 15.8 Å². The van der Waals surface area contributed by atoms with Gasteiger partial charge in [-0.05, 0) is 37.0 Å². The fourth-order valence-corrected chi connectivity index (χ4v) is 3.07. The highest BCUT2D eigenvalue weighted by Gasteiger charge is 2.30. The Morgan fingerprint density at radius 1 is 1.26 bits per heavy atom. The van der Waals surface area contributed by atoms with Crippen molar-refractivity contribution in [3.63, 3.8) is 0 Å². The Hall–Kier alpha value is -1.37. The third kappa shape index (κ3) is 4.13. The van der Waals surface area contributed by atoms with Gasteiger partial charge >= 0.3 is 0 Å². The second-order valence-corrected chi connectivity index (χ2v) is 5.86. The van der Waals surface area contributed by atoms with Crippen LogP contribution in [0.25, 0.3) is 0 Å². The van der Waals surface area contributed by atoms with Crippen LogP contribution in [0, 0.1) is 11.7 Å². The molecule has 2 heterocycles. The average molecular weight is 345 g/mol. The molecule has 128 valence electrons. The topological polar surface area (TPSA) is 73.6 Å². The molecule has 0 radical (unpaired) electrons. The number of carbonyl (C=O) groups is 1. The van der Waals surface area contributed by atoms with Crippen LogP contribution in [0.5, 0.6) is 5.75 Å². The highest BCUT2D eigenvalue weighted by molar-refractivity contribution is 5.85. The molecule has 2 aliphatic rings. The third-order valence-corrected chi connectivity index (χ3v) is 4.40. The van der Waals surface area contributed by atoms with E-state index in [1.807, 2.05) is 0 Å². The zero-order chi connectivity index (χ0) is 15.5. The van der Waals surface area contributed by atoms with Gasteiger partial charge < -0.3 is 20.5 Å². The summed E-state index contributed by atoms with van der Waals surface area (Å²) in [4.78, 5) is 12.4. The molecular weight excluding hydrogens is 323 g/mol. The van der Waals surface area contributed by atoms with Gasteiger partial charge in [0.15, 0.2) is 0 Å². The van der Waals surface area contributed by atoms with Crippen LogP contribution in [0.2, 0.25) is 0 Å². The van der Waals surface area contributed by atoms with Gasteiger partial charge in [0.25, 0.3) is 0 Å². The molecule has 0 bridgehead atoms. The maximum absolute atomic E-state index is 13.4. The van der Waals surface area contributed by atoms with Gasteiger partial charge in [-0.15, -0.1) is 12.4 Å². The van der Waals surface area contributed by atoms with Gasteiger partial charge in [-0.3, -0.25) is 4.79 Å². The van der Waals surface area contributed by atoms with Crippen molar-refractivity contribution in [1.82, 2.24) is 5.32 Å². The Morgan fingerprint density at radius 3 is 2.74 bits per heavy atom. The molecule has 1 aromatic rings. The average Bonchev–Trinajstić information content (AvgIpc) is 2.55. The number of amides is 1. The van der Waals surface area contributed by atoms with Gasteiger partial charge in [0.2, 0.25) is 5.91 Å². The summed E-state index contributed by atoms with van der Waals surface area (Å²) in [6.45, 7) is 1.80. The lowest BCUT2D eigenvalue weighted by Crippen LogP contribution is -2.48. The summed E-state index contributed by atoms with van der Waals surface area (Å²) >= 11 is 0. The largest absolute Gasteiger partial charge is 0.493 e. The first-order valence-electron chi connectivity index (χ1n) is 7.71. The van der Waals surface area contributed by atoms with Crippen molar-refractivity contribution in [3.8, 4) is 5.75 Å². The van der Waals surface area contributed by atoms with Gasteiger partial charge in [-0.25, -0.2) is 4.39 Å². The molecule has 0 aromatic heterocycles. The zero-order valence-corrected chi connectivity index (χ0v) is 13.6. The number of hydrogen-bond acceptors (Lipinski definition) is 4. The summed E-state index contributed by atoms with van der Waals surface area (Å²) in [5.41, 5.74) is 6.77. The summed E-state index contributed by atoms with van der Waals surface area (Å²) in [5, 5.41) is 2.95. The van der Waals surface area contributed by atoms with E-state index in [-0.39, 0.29) is 36.1 Å². The monoisotopic (exact) mass is 344 g/mol. The SMILES string of the molecule is Cl.NC(C(=O)NC1CCOc2ccc(F)cc21)C1CCOCC1. The maximum atomic E-state index is 13.4. The van der Waals surface area contributed by atoms with E-state index in [9.17, 15) is 9.18 Å². The predicted molar refractivity (Wildman–Crippen MR) is 86.2 cm³/mol. The van der Waals surface area contributed by atoms with Crippen LogP contribution in [0.4, 0.5) is 4.39 Å². The second kappa shape index (κ2) is 7.95. The number of fused-ring (bicyclic) bond motifs is 1. The summed E-state index contributed by atoms with van der Waals surface area (Å²) < 4.78 is 24.2. The molecule has 2 aliphatic heterocycles. The van der Waals surface area contributed by atoms with Crippen molar-refractivity contribution in [2.45, 2.75) is 31.3 Å². The maximum Gasteiger partial charge on any atom is 0.237 e. The quantitative estimate of drug-likeness (QED) is 0.879. The van der Waals surface area contributed by atoms with E-state index >= 15 is 0 Å². The lowest BCUT2D eigenvalue weighted by atomic mass is 9.91. The van der Waals surface area contributed by atoms with E-state index in [0.29, 0.717) is 37.6 Å². The minimum atomic E-state index is -0.552. The van der Waals surface area contributed by atoms with Gasteiger partial charge in [0, 0.05) is 25.2 Å². The number of nitrogens with two attached hydrogens (primary N) is 1. The first kappa shape index (κ1) is 18.0. The van der Waals surface area contributed by atoms with E-state index in [4.69, 9.17) is 15.2 Å². The number of halogens is 2. The fourth-order valence-electron chi connectivity index (χ4n) is 3.07. The predicted octanol–water partition coefficient (Wildman–Crippen LogP) is 1.94. The van der Waals surface area contributed by atoms with Crippen LogP contribution in [0.15, 0.2) is 18.2 Å². The van der Waals surface area contributed by atoms with Gasteiger partial charge in [-0.1, -0.05) is 0 Å². The molecule has 3 N–H and O–H groups in total. The van der Waals surface area contributed by atoms with Crippen LogP contribution in [-0.4, -0.2) is 31.8 Å². The number of hydrogen-bond donors (Lipinski definition) is 2. The molecule has 3 rings (SSSR count). The molecule has 0 aliphatic carbocycles. The van der Waals surface area contributed by atoms with E-state index in [0.717, 1.165) is 12.8 Å². The Bertz CT molecular complexity index is 552. The summed E-state index contributed by atoms with van der Waals surface area (Å²) in [5.74, 6) is 0.240. The molecule has 1 amide bonds. The summed E-state index contributed by atoms with van der Waals surface area (Å²) in [7, 11) is 0. The molecule has 23 heavy (non-hydrogen) atoms. The van der Waals surface area contributed by atoms with Gasteiger partial charge in [0.1, 0.15) is 11.6 Å². The van der Waals surface area contributed by atoms with E-state index in [1.165, 1.54) is 12.1 Å². The highest BCUT2D eigenvalue weighted by atomic mass is 35.5. The molecule has 2 atom stereocenters. The zero-order valence-electron chi connectivity index (χ0n) is 12.8. The number of nitrogens with one attached hydrogen (secondary N) is 1. The molecule has 0 spiro atoms. The lowest BCUT2D eigenvalue weighted by Gasteiger charge is -2.30. The van der Waals surface area contributed by atoms with Crippen LogP contribution >= 0.6 is 12.4 Å². The van der Waals surface area contributed by atoms with Crippen molar-refractivity contribution in [2.24, 2.45) is 11.7 Å². The van der Waals surface area contributed by atoms with Crippen molar-refractivity contribution in [2.75, 3.05) is 19.8 Å². The normalized spacial score (nSPS) is 22.3. The van der Waals surface area contributed by atoms with Crippen LogP contribution in [0.3, 0.4) is 0 Å². The van der Waals surface area contributed by atoms with E-state index in [2.05, 4.69) is 5.32 Å². The Labute approximate surface area is 141 Å². The van der Waals surface area contributed by atoms with E-state index in [1.54, 1.807) is 6.07 Å². The molecule has 1 saturated heterocycles. The summed E-state index contributed by atoms with van der Waals surface area (Å²) in [6, 6.07) is 3.57. The number of rotatable bonds is 3. The number of ether oxygens (including phenoxy) is 2. The third-order valence-electron chi connectivity index (χ3n) is 4.40. The molecule has 2 unspecified atom stereocenters. The van der Waals surface area contributed by atoms with Crippen molar-refractivity contribution in [3.05, 3.63) is 29.6 Å². The standard InChI is InChI=1S/C16H21FN2O3.ClH/c17-11-1-2-14-12(9-11)13(5-8-22-14)19-16(20)15(18)10-3-6-21-7-4-10;/h1-2,9-10,13,15H,3-8,18H2,(H,19,20);1H. The Morgan fingerprint density at radius 2 is 2.00 bits per heavy atom. The number of benzene rings is 1. The lowest BCUT2D eigenvalue weighted by molar-refractivity contribution is -0.125. The van der Waals surface area contributed by atoms with Crippen LogP contribution in [-0.2, 0) is 9.53 Å². The first-order valence-corrected chi connectivity index (χ1v) is 7.71. The Balaban J connectivity index is 0.00000192. The van der Waals surface area contributed by atoms with Crippen molar-refractivity contribution >= 4 is 18.3 Å². The molecule has 5 nitrogen and oxygen atoms in total. The smallest absolute Gasteiger partial charge is 0.237 e. The summed E-state index contributed by atoms with van der Waals surface area (Å²) in [6.07, 6.45) is 2.21. The fraction of sp³-hybridized carbons (Fsp3) is 0.562. The Kier molecular flexibility index (Phi) is 6.21.